The van der Waals surface area contributed by atoms with E-state index in [0.717, 1.165) is 57.8 Å². The van der Waals surface area contributed by atoms with Gasteiger partial charge in [-0.3, -0.25) is 4.79 Å². The van der Waals surface area contributed by atoms with Crippen LogP contribution in [-0.4, -0.2) is 37.3 Å². The second kappa shape index (κ2) is 9.00. The minimum Gasteiger partial charge on any atom is -0.352 e. The Morgan fingerprint density at radius 2 is 1.50 bits per heavy atom. The van der Waals surface area contributed by atoms with Crippen molar-refractivity contribution in [3.05, 3.63) is 30.3 Å². The fourth-order valence-corrected chi connectivity index (χ4v) is 5.83. The fourth-order valence-electron chi connectivity index (χ4n) is 4.17. The van der Waals surface area contributed by atoms with E-state index < -0.39 is 10.0 Å². The number of amides is 1. The summed E-state index contributed by atoms with van der Waals surface area (Å²) < 4.78 is 27.9. The number of rotatable bonds is 6. The third-order valence-electron chi connectivity index (χ3n) is 5.60. The maximum atomic E-state index is 13.2. The molecule has 2 aliphatic rings. The maximum Gasteiger partial charge on any atom is 0.243 e. The number of nitrogens with one attached hydrogen (secondary N) is 1. The van der Waals surface area contributed by atoms with E-state index in [1.54, 1.807) is 30.3 Å². The van der Waals surface area contributed by atoms with Crippen molar-refractivity contribution in [1.82, 2.24) is 9.62 Å². The molecule has 0 radical (unpaired) electrons. The third-order valence-corrected chi connectivity index (χ3v) is 7.51. The van der Waals surface area contributed by atoms with Crippen LogP contribution >= 0.6 is 0 Å². The molecule has 2 aliphatic carbocycles. The molecule has 0 aromatic heterocycles. The van der Waals surface area contributed by atoms with Crippen LogP contribution in [0.15, 0.2) is 35.2 Å². The van der Waals surface area contributed by atoms with Gasteiger partial charge in [-0.05, 0) is 37.8 Å². The van der Waals surface area contributed by atoms with Crippen molar-refractivity contribution in [2.75, 3.05) is 6.54 Å². The lowest BCUT2D eigenvalue weighted by Gasteiger charge is -2.33. The van der Waals surface area contributed by atoms with Crippen LogP contribution in [0.3, 0.4) is 0 Å². The highest BCUT2D eigenvalue weighted by Gasteiger charge is 2.34. The molecule has 5 nitrogen and oxygen atoms in total. The highest BCUT2D eigenvalue weighted by atomic mass is 32.2. The second-order valence-electron chi connectivity index (χ2n) is 7.56. The van der Waals surface area contributed by atoms with Crippen molar-refractivity contribution in [3.8, 4) is 0 Å². The van der Waals surface area contributed by atoms with Crippen LogP contribution in [0, 0.1) is 0 Å². The normalized spacial score (nSPS) is 20.2. The number of hydrogen-bond acceptors (Lipinski definition) is 3. The molecule has 0 spiro atoms. The number of carbonyl (C=O) groups excluding carboxylic acids is 1. The SMILES string of the molecule is O=C(CN(C1CCCCC1)S(=O)(=O)c1ccccc1)NC1CCCCC1. The molecule has 1 aromatic rings. The largest absolute Gasteiger partial charge is 0.352 e. The minimum atomic E-state index is -3.66. The quantitative estimate of drug-likeness (QED) is 0.824. The predicted molar refractivity (Wildman–Crippen MR) is 102 cm³/mol. The molecule has 2 saturated carbocycles. The van der Waals surface area contributed by atoms with E-state index in [2.05, 4.69) is 5.32 Å². The van der Waals surface area contributed by atoms with Crippen LogP contribution in [0.5, 0.6) is 0 Å². The van der Waals surface area contributed by atoms with Crippen molar-refractivity contribution >= 4 is 15.9 Å². The Morgan fingerprint density at radius 1 is 0.923 bits per heavy atom. The van der Waals surface area contributed by atoms with Gasteiger partial charge < -0.3 is 5.32 Å². The maximum absolute atomic E-state index is 13.2. The molecule has 144 valence electrons. The molecule has 0 aliphatic heterocycles. The van der Waals surface area contributed by atoms with Gasteiger partial charge in [-0.25, -0.2) is 8.42 Å². The standard InChI is InChI=1S/C20H30N2O3S/c23-20(21-17-10-4-1-5-11-17)16-22(18-12-6-2-7-13-18)26(24,25)19-14-8-3-9-15-19/h3,8-9,14-15,17-18H,1-2,4-7,10-13,16H2,(H,21,23). The summed E-state index contributed by atoms with van der Waals surface area (Å²) in [5.41, 5.74) is 0. The van der Waals surface area contributed by atoms with Gasteiger partial charge in [-0.15, -0.1) is 0 Å². The smallest absolute Gasteiger partial charge is 0.243 e. The summed E-state index contributed by atoms with van der Waals surface area (Å²) in [6.45, 7) is -0.0710. The molecule has 0 atom stereocenters. The van der Waals surface area contributed by atoms with E-state index in [4.69, 9.17) is 0 Å². The van der Waals surface area contributed by atoms with Crippen LogP contribution in [0.1, 0.15) is 64.2 Å². The molecular weight excluding hydrogens is 348 g/mol. The summed E-state index contributed by atoms with van der Waals surface area (Å²) in [6, 6.07) is 8.62. The van der Waals surface area contributed by atoms with Gasteiger partial charge >= 0.3 is 0 Å². The van der Waals surface area contributed by atoms with E-state index in [1.807, 2.05) is 0 Å². The van der Waals surface area contributed by atoms with Crippen molar-refractivity contribution in [1.29, 1.82) is 0 Å². The van der Waals surface area contributed by atoms with Crippen molar-refractivity contribution in [3.63, 3.8) is 0 Å². The molecule has 0 bridgehead atoms. The van der Waals surface area contributed by atoms with Crippen LogP contribution in [-0.2, 0) is 14.8 Å². The van der Waals surface area contributed by atoms with Gasteiger partial charge in [-0.2, -0.15) is 4.31 Å². The summed E-state index contributed by atoms with van der Waals surface area (Å²) in [6.07, 6.45) is 10.4. The minimum absolute atomic E-state index is 0.0710. The molecule has 1 amide bonds. The zero-order valence-electron chi connectivity index (χ0n) is 15.4. The molecule has 3 rings (SSSR count). The number of hydrogen-bond donors (Lipinski definition) is 1. The molecule has 1 N–H and O–H groups in total. The Morgan fingerprint density at radius 3 is 2.12 bits per heavy atom. The lowest BCUT2D eigenvalue weighted by atomic mass is 9.95. The van der Waals surface area contributed by atoms with E-state index >= 15 is 0 Å². The second-order valence-corrected chi connectivity index (χ2v) is 9.45. The summed E-state index contributed by atoms with van der Waals surface area (Å²) in [5, 5.41) is 3.07. The van der Waals surface area contributed by atoms with Crippen molar-refractivity contribution < 1.29 is 13.2 Å². The van der Waals surface area contributed by atoms with Gasteiger partial charge in [0, 0.05) is 12.1 Å². The van der Waals surface area contributed by atoms with E-state index in [-0.39, 0.29) is 29.4 Å². The number of benzene rings is 1. The van der Waals surface area contributed by atoms with E-state index in [0.29, 0.717) is 0 Å². The van der Waals surface area contributed by atoms with Gasteiger partial charge in [0.15, 0.2) is 0 Å². The molecule has 2 fully saturated rings. The Labute approximate surface area is 157 Å². The fraction of sp³-hybridized carbons (Fsp3) is 0.650. The summed E-state index contributed by atoms with van der Waals surface area (Å²) in [7, 11) is -3.66. The molecule has 6 heteroatoms. The molecular formula is C20H30N2O3S. The first-order valence-electron chi connectivity index (χ1n) is 9.93. The monoisotopic (exact) mass is 378 g/mol. The molecule has 0 heterocycles. The number of sulfonamides is 1. The topological polar surface area (TPSA) is 66.5 Å². The van der Waals surface area contributed by atoms with Gasteiger partial charge in [0.1, 0.15) is 0 Å². The van der Waals surface area contributed by atoms with Gasteiger partial charge in [0.2, 0.25) is 15.9 Å². The zero-order chi connectivity index (χ0) is 18.4. The lowest BCUT2D eigenvalue weighted by molar-refractivity contribution is -0.122. The van der Waals surface area contributed by atoms with Crippen molar-refractivity contribution in [2.24, 2.45) is 0 Å². The van der Waals surface area contributed by atoms with Gasteiger partial charge in [0.25, 0.3) is 0 Å². The van der Waals surface area contributed by atoms with Crippen LogP contribution in [0.25, 0.3) is 0 Å². The third kappa shape index (κ3) is 4.86. The first-order chi connectivity index (χ1) is 12.6. The lowest BCUT2D eigenvalue weighted by Crippen LogP contribution is -2.49. The van der Waals surface area contributed by atoms with Crippen molar-refractivity contribution in [2.45, 2.75) is 81.2 Å². The predicted octanol–water partition coefficient (Wildman–Crippen LogP) is 3.46. The summed E-state index contributed by atoms with van der Waals surface area (Å²) in [4.78, 5) is 12.9. The Bertz CT molecular complexity index is 678. The van der Waals surface area contributed by atoms with E-state index in [9.17, 15) is 13.2 Å². The Kier molecular flexibility index (Phi) is 6.70. The first kappa shape index (κ1) is 19.4. The Balaban J connectivity index is 1.75. The molecule has 0 unspecified atom stereocenters. The highest BCUT2D eigenvalue weighted by Crippen LogP contribution is 2.27. The number of carbonyl (C=O) groups is 1. The van der Waals surface area contributed by atoms with Crippen LogP contribution in [0.2, 0.25) is 0 Å². The zero-order valence-corrected chi connectivity index (χ0v) is 16.2. The van der Waals surface area contributed by atoms with E-state index in [1.165, 1.54) is 10.7 Å². The number of nitrogens with zero attached hydrogens (tertiary/aromatic N) is 1. The molecule has 0 saturated heterocycles. The average Bonchev–Trinajstić information content (AvgIpc) is 2.68. The average molecular weight is 379 g/mol. The highest BCUT2D eigenvalue weighted by molar-refractivity contribution is 7.89. The van der Waals surface area contributed by atoms with Crippen LogP contribution < -0.4 is 5.32 Å². The van der Waals surface area contributed by atoms with Gasteiger partial charge in [0.05, 0.1) is 11.4 Å². The summed E-state index contributed by atoms with van der Waals surface area (Å²) >= 11 is 0. The molecule has 1 aromatic carbocycles. The van der Waals surface area contributed by atoms with Crippen LogP contribution in [0.4, 0.5) is 0 Å². The van der Waals surface area contributed by atoms with Gasteiger partial charge in [-0.1, -0.05) is 56.7 Å². The Hall–Kier alpha value is -1.40. The summed E-state index contributed by atoms with van der Waals surface area (Å²) in [5.74, 6) is -0.165. The molecule has 26 heavy (non-hydrogen) atoms. The first-order valence-corrected chi connectivity index (χ1v) is 11.4.